The number of nitrogens with one attached hydrogen (secondary N) is 1. The molecule has 0 spiro atoms. The lowest BCUT2D eigenvalue weighted by atomic mass is 10.1. The molecule has 5 rings (SSSR count). The number of nitrogen functional groups attached to an aromatic ring is 1. The van der Waals surface area contributed by atoms with Gasteiger partial charge in [0, 0.05) is 44.4 Å². The second-order valence-electron chi connectivity index (χ2n) is 9.27. The molecule has 0 saturated carbocycles. The van der Waals surface area contributed by atoms with Crippen molar-refractivity contribution in [2.45, 2.75) is 6.54 Å². The molecule has 208 valence electrons. The Morgan fingerprint density at radius 1 is 0.900 bits per heavy atom. The molecule has 2 aromatic heterocycles. The number of rotatable bonds is 10. The lowest BCUT2D eigenvalue weighted by Crippen LogP contribution is -2.46. The summed E-state index contributed by atoms with van der Waals surface area (Å²) in [5.74, 6) is 1.90. The first-order valence-corrected chi connectivity index (χ1v) is 13.1. The minimum atomic E-state index is -0.358. The van der Waals surface area contributed by atoms with Crippen LogP contribution in [0.5, 0.6) is 11.5 Å². The van der Waals surface area contributed by atoms with Gasteiger partial charge in [0.05, 0.1) is 26.0 Å². The maximum atomic E-state index is 13.1. The Bertz CT molecular complexity index is 1460. The zero-order valence-corrected chi connectivity index (χ0v) is 22.7. The minimum absolute atomic E-state index is 0.00719. The molecule has 1 aliphatic rings. The molecular formula is C29H33N7O4. The number of fused-ring (bicyclic) bond motifs is 1. The van der Waals surface area contributed by atoms with E-state index in [0.717, 1.165) is 43.4 Å². The Hall–Kier alpha value is -4.64. The van der Waals surface area contributed by atoms with Gasteiger partial charge in [0.1, 0.15) is 35.1 Å². The fraction of sp³-hybridized carbons (Fsp3) is 0.310. The molecule has 0 atom stereocenters. The molecular weight excluding hydrogens is 510 g/mol. The summed E-state index contributed by atoms with van der Waals surface area (Å²) < 4.78 is 16.1. The van der Waals surface area contributed by atoms with Gasteiger partial charge < -0.3 is 35.1 Å². The van der Waals surface area contributed by atoms with Crippen LogP contribution < -0.4 is 30.3 Å². The van der Waals surface area contributed by atoms with Gasteiger partial charge >= 0.3 is 0 Å². The highest BCUT2D eigenvalue weighted by molar-refractivity contribution is 6.05. The monoisotopic (exact) mass is 543 g/mol. The molecule has 2 aromatic carbocycles. The highest BCUT2D eigenvalue weighted by Crippen LogP contribution is 2.26. The van der Waals surface area contributed by atoms with Crippen LogP contribution in [0.1, 0.15) is 16.2 Å². The van der Waals surface area contributed by atoms with Gasteiger partial charge in [-0.2, -0.15) is 0 Å². The van der Waals surface area contributed by atoms with E-state index < -0.39 is 0 Å². The number of methoxy groups -OCH3 is 2. The van der Waals surface area contributed by atoms with Crippen molar-refractivity contribution in [1.29, 1.82) is 0 Å². The molecule has 11 nitrogen and oxygen atoms in total. The van der Waals surface area contributed by atoms with Gasteiger partial charge in [0.15, 0.2) is 0 Å². The first kappa shape index (κ1) is 26.9. The van der Waals surface area contributed by atoms with Crippen LogP contribution in [0.25, 0.3) is 10.9 Å². The van der Waals surface area contributed by atoms with Crippen LogP contribution in [0.3, 0.4) is 0 Å². The zero-order valence-electron chi connectivity index (χ0n) is 22.7. The van der Waals surface area contributed by atoms with E-state index >= 15 is 0 Å². The van der Waals surface area contributed by atoms with Crippen LogP contribution in [-0.2, 0) is 11.3 Å². The number of piperazine rings is 1. The van der Waals surface area contributed by atoms with Crippen LogP contribution in [0.2, 0.25) is 0 Å². The van der Waals surface area contributed by atoms with Crippen LogP contribution >= 0.6 is 0 Å². The number of nitrogens with two attached hydrogens (primary N) is 1. The smallest absolute Gasteiger partial charge is 0.271 e. The van der Waals surface area contributed by atoms with E-state index in [1.165, 1.54) is 5.69 Å². The van der Waals surface area contributed by atoms with E-state index in [9.17, 15) is 4.79 Å². The Balaban J connectivity index is 1.19. The van der Waals surface area contributed by atoms with Crippen molar-refractivity contribution in [3.8, 4) is 11.5 Å². The standard InChI is InChI=1S/C29H33N7O4/c1-38-17-18-40-22-11-9-21(10-12-22)35-13-15-36(16-14-35)25-8-3-5-20(32-25)19-31-28(37)27-23-6-4-7-24(39-2)26(23)33-29(30)34-27/h3-12H,13-19H2,1-2H3,(H,31,37)(H2,30,33,34). The number of amides is 1. The maximum absolute atomic E-state index is 13.1. The third kappa shape index (κ3) is 6.15. The van der Waals surface area contributed by atoms with Crippen LogP contribution in [0, 0.1) is 0 Å². The summed E-state index contributed by atoms with van der Waals surface area (Å²) in [6.45, 7) is 4.77. The maximum Gasteiger partial charge on any atom is 0.271 e. The number of hydrogen-bond donors (Lipinski definition) is 2. The summed E-state index contributed by atoms with van der Waals surface area (Å²) in [4.78, 5) is 30.9. The number of carbonyl (C=O) groups is 1. The second kappa shape index (κ2) is 12.5. The Morgan fingerprint density at radius 2 is 1.65 bits per heavy atom. The number of ether oxygens (including phenoxy) is 3. The van der Waals surface area contributed by atoms with Gasteiger partial charge in [-0.3, -0.25) is 4.79 Å². The molecule has 3 N–H and O–H groups in total. The third-order valence-corrected chi connectivity index (χ3v) is 6.73. The van der Waals surface area contributed by atoms with E-state index in [-0.39, 0.29) is 24.1 Å². The number of aromatic nitrogens is 3. The van der Waals surface area contributed by atoms with Gasteiger partial charge in [0.25, 0.3) is 5.91 Å². The lowest BCUT2D eigenvalue weighted by molar-refractivity contribution is 0.0947. The van der Waals surface area contributed by atoms with Gasteiger partial charge in [-0.25, -0.2) is 15.0 Å². The molecule has 1 fully saturated rings. The number of hydrogen-bond acceptors (Lipinski definition) is 10. The lowest BCUT2D eigenvalue weighted by Gasteiger charge is -2.37. The number of nitrogens with zero attached hydrogens (tertiary/aromatic N) is 5. The number of carbonyl (C=O) groups excluding carboxylic acids is 1. The third-order valence-electron chi connectivity index (χ3n) is 6.73. The molecule has 1 aliphatic heterocycles. The summed E-state index contributed by atoms with van der Waals surface area (Å²) in [5.41, 5.74) is 8.49. The molecule has 4 aromatic rings. The molecule has 0 bridgehead atoms. The predicted octanol–water partition coefficient (Wildman–Crippen LogP) is 2.90. The summed E-state index contributed by atoms with van der Waals surface area (Å²) >= 11 is 0. The molecule has 1 saturated heterocycles. The highest BCUT2D eigenvalue weighted by Gasteiger charge is 2.20. The summed E-state index contributed by atoms with van der Waals surface area (Å²) in [5, 5.41) is 3.49. The van der Waals surface area contributed by atoms with Gasteiger partial charge in [-0.05, 0) is 42.5 Å². The fourth-order valence-corrected chi connectivity index (χ4v) is 4.67. The average molecular weight is 544 g/mol. The highest BCUT2D eigenvalue weighted by atomic mass is 16.5. The van der Waals surface area contributed by atoms with Crippen molar-refractivity contribution in [2.24, 2.45) is 0 Å². The van der Waals surface area contributed by atoms with E-state index in [4.69, 9.17) is 24.9 Å². The van der Waals surface area contributed by atoms with E-state index in [0.29, 0.717) is 29.9 Å². The zero-order chi connectivity index (χ0) is 27.9. The number of pyridine rings is 1. The summed E-state index contributed by atoms with van der Waals surface area (Å²) in [6, 6.07) is 19.3. The molecule has 0 aliphatic carbocycles. The molecule has 0 unspecified atom stereocenters. The second-order valence-corrected chi connectivity index (χ2v) is 9.27. The van der Waals surface area contributed by atoms with E-state index in [2.05, 4.69) is 37.2 Å². The van der Waals surface area contributed by atoms with Crippen molar-refractivity contribution < 1.29 is 19.0 Å². The van der Waals surface area contributed by atoms with Crippen molar-refractivity contribution >= 4 is 34.3 Å². The van der Waals surface area contributed by atoms with Crippen molar-refractivity contribution in [3.05, 3.63) is 72.1 Å². The Labute approximate surface area is 232 Å². The van der Waals surface area contributed by atoms with E-state index in [1.54, 1.807) is 32.4 Å². The molecule has 40 heavy (non-hydrogen) atoms. The van der Waals surface area contributed by atoms with E-state index in [1.807, 2.05) is 30.3 Å². The summed E-state index contributed by atoms with van der Waals surface area (Å²) in [7, 11) is 3.21. The SMILES string of the molecule is COCCOc1ccc(N2CCN(c3cccc(CNC(=O)c4nc(N)nc5c(OC)cccc45)n3)CC2)cc1. The topological polar surface area (TPSA) is 128 Å². The van der Waals surface area contributed by atoms with Crippen molar-refractivity contribution in [3.63, 3.8) is 0 Å². The Kier molecular flexibility index (Phi) is 8.41. The largest absolute Gasteiger partial charge is 0.494 e. The Morgan fingerprint density at radius 3 is 2.40 bits per heavy atom. The predicted molar refractivity (Wildman–Crippen MR) is 154 cm³/mol. The van der Waals surface area contributed by atoms with Gasteiger partial charge in [0.2, 0.25) is 5.95 Å². The normalized spacial score (nSPS) is 13.3. The summed E-state index contributed by atoms with van der Waals surface area (Å²) in [6.07, 6.45) is 0. The van der Waals surface area contributed by atoms with Crippen LogP contribution in [0.4, 0.5) is 17.5 Å². The molecule has 11 heteroatoms. The minimum Gasteiger partial charge on any atom is -0.494 e. The van der Waals surface area contributed by atoms with Gasteiger partial charge in [-0.15, -0.1) is 0 Å². The number of anilines is 3. The first-order chi connectivity index (χ1) is 19.6. The van der Waals surface area contributed by atoms with Crippen LogP contribution in [0.15, 0.2) is 60.7 Å². The van der Waals surface area contributed by atoms with Crippen molar-refractivity contribution in [2.75, 3.05) is 69.1 Å². The van der Waals surface area contributed by atoms with Gasteiger partial charge in [-0.1, -0.05) is 18.2 Å². The van der Waals surface area contributed by atoms with Crippen LogP contribution in [-0.4, -0.2) is 74.5 Å². The fourth-order valence-electron chi connectivity index (χ4n) is 4.67. The first-order valence-electron chi connectivity index (χ1n) is 13.1. The molecule has 3 heterocycles. The average Bonchev–Trinajstić information content (AvgIpc) is 3.00. The van der Waals surface area contributed by atoms with Crippen molar-refractivity contribution in [1.82, 2.24) is 20.3 Å². The number of para-hydroxylation sites is 1. The quantitative estimate of drug-likeness (QED) is 0.288. The molecule has 1 amide bonds. The number of benzene rings is 2. The molecule has 0 radical (unpaired) electrons.